The average Bonchev–Trinajstić information content (AvgIpc) is 3.09. The maximum Gasteiger partial charge on any atom is 0.193 e. The largest absolute Gasteiger partial charge is 0.390 e. The van der Waals surface area contributed by atoms with Crippen LogP contribution >= 0.6 is 0 Å². The zero-order chi connectivity index (χ0) is 22.6. The first-order chi connectivity index (χ1) is 14.4. The van der Waals surface area contributed by atoms with E-state index < -0.39 is 58.4 Å². The van der Waals surface area contributed by atoms with Crippen LogP contribution in [0.5, 0.6) is 0 Å². The van der Waals surface area contributed by atoms with Gasteiger partial charge in [0.1, 0.15) is 6.61 Å². The molecule has 0 aromatic carbocycles. The van der Waals surface area contributed by atoms with Gasteiger partial charge >= 0.3 is 0 Å². The second kappa shape index (κ2) is 6.01. The van der Waals surface area contributed by atoms with Gasteiger partial charge in [-0.05, 0) is 57.3 Å². The Bertz CT molecular complexity index is 967. The Morgan fingerprint density at radius 2 is 1.97 bits per heavy atom. The molecule has 0 aromatic rings. The fraction of sp³-hybridized carbons (Fsp3) is 0.667. The quantitative estimate of drug-likeness (QED) is 0.695. The lowest BCUT2D eigenvalue weighted by Crippen LogP contribution is -2.69. The highest BCUT2D eigenvalue weighted by atomic mass is 19.1. The third kappa shape index (κ3) is 2.25. The number of aliphatic hydroxyl groups excluding tert-OH is 2. The molecular weight excluding hydrogens is 403 g/mol. The smallest absolute Gasteiger partial charge is 0.193 e. The molecule has 31 heavy (non-hydrogen) atoms. The molecule has 168 valence electrons. The molecule has 0 amide bonds. The zero-order valence-corrected chi connectivity index (χ0v) is 18.2. The molecule has 6 nitrogen and oxygen atoms in total. The lowest BCUT2D eigenvalue weighted by Gasteiger charge is -2.61. The van der Waals surface area contributed by atoms with Crippen LogP contribution in [-0.2, 0) is 19.1 Å². The molecule has 0 bridgehead atoms. The molecule has 1 heterocycles. The van der Waals surface area contributed by atoms with Crippen molar-refractivity contribution in [1.29, 1.82) is 0 Å². The second-order valence-corrected chi connectivity index (χ2v) is 10.6. The van der Waals surface area contributed by atoms with Crippen LogP contribution in [0.15, 0.2) is 36.0 Å². The molecule has 4 aliphatic carbocycles. The van der Waals surface area contributed by atoms with E-state index in [-0.39, 0.29) is 18.1 Å². The first-order valence-electron chi connectivity index (χ1n) is 10.9. The number of aliphatic hydroxyl groups is 2. The van der Waals surface area contributed by atoms with Crippen LogP contribution in [0.3, 0.4) is 0 Å². The molecule has 2 N–H and O–H groups in total. The number of Topliss-reactive ketones (excluding diaryl/α,β-unsaturated/α-hetero) is 1. The summed E-state index contributed by atoms with van der Waals surface area (Å²) in [7, 11) is 0. The molecule has 0 radical (unpaired) electrons. The van der Waals surface area contributed by atoms with E-state index in [0.29, 0.717) is 12.0 Å². The number of rotatable bonds is 2. The number of ketones is 2. The highest BCUT2D eigenvalue weighted by molar-refractivity contribution is 6.01. The number of hydrogen-bond donors (Lipinski definition) is 2. The molecule has 0 aromatic heterocycles. The summed E-state index contributed by atoms with van der Waals surface area (Å²) in [6, 6.07) is 0. The van der Waals surface area contributed by atoms with Crippen molar-refractivity contribution in [2.24, 2.45) is 22.7 Å². The Morgan fingerprint density at radius 3 is 2.65 bits per heavy atom. The number of fused-ring (bicyclic) bond motifs is 7. The Morgan fingerprint density at radius 1 is 1.26 bits per heavy atom. The molecule has 7 heteroatoms. The van der Waals surface area contributed by atoms with Gasteiger partial charge in [-0.2, -0.15) is 0 Å². The molecule has 3 fully saturated rings. The van der Waals surface area contributed by atoms with Crippen molar-refractivity contribution < 1.29 is 33.7 Å². The number of allylic oxidation sites excluding steroid dienone is 6. The molecule has 1 saturated heterocycles. The number of alkyl halides is 1. The van der Waals surface area contributed by atoms with Crippen molar-refractivity contribution in [2.45, 2.75) is 69.8 Å². The fourth-order valence-corrected chi connectivity index (χ4v) is 7.39. The Labute approximate surface area is 180 Å². The molecule has 4 unspecified atom stereocenters. The zero-order valence-electron chi connectivity index (χ0n) is 18.2. The minimum Gasteiger partial charge on any atom is -0.390 e. The van der Waals surface area contributed by atoms with Gasteiger partial charge in [-0.3, -0.25) is 9.59 Å². The summed E-state index contributed by atoms with van der Waals surface area (Å²) >= 11 is 0. The van der Waals surface area contributed by atoms with Crippen LogP contribution < -0.4 is 0 Å². The van der Waals surface area contributed by atoms with E-state index in [1.165, 1.54) is 12.2 Å². The summed E-state index contributed by atoms with van der Waals surface area (Å²) in [5, 5.41) is 21.1. The maximum absolute atomic E-state index is 17.1. The van der Waals surface area contributed by atoms with Crippen LogP contribution in [0.1, 0.15) is 40.5 Å². The summed E-state index contributed by atoms with van der Waals surface area (Å²) in [5.74, 6) is -2.82. The van der Waals surface area contributed by atoms with E-state index in [1.54, 1.807) is 39.0 Å². The molecule has 5 aliphatic rings. The maximum atomic E-state index is 17.1. The van der Waals surface area contributed by atoms with E-state index in [1.807, 2.05) is 6.92 Å². The molecule has 0 spiro atoms. The minimum absolute atomic E-state index is 0.0230. The van der Waals surface area contributed by atoms with Gasteiger partial charge in [0.15, 0.2) is 28.6 Å². The summed E-state index contributed by atoms with van der Waals surface area (Å²) < 4.78 is 29.4. The monoisotopic (exact) mass is 432 g/mol. The first kappa shape index (κ1) is 21.2. The molecule has 1 aliphatic heterocycles. The summed E-state index contributed by atoms with van der Waals surface area (Å²) in [4.78, 5) is 25.0. The minimum atomic E-state index is -2.06. The van der Waals surface area contributed by atoms with Gasteiger partial charge in [0.05, 0.1) is 12.2 Å². The van der Waals surface area contributed by atoms with Crippen LogP contribution in [-0.4, -0.2) is 57.7 Å². The van der Waals surface area contributed by atoms with E-state index in [4.69, 9.17) is 9.47 Å². The van der Waals surface area contributed by atoms with Crippen molar-refractivity contribution in [3.63, 3.8) is 0 Å². The Hall–Kier alpha value is -1.67. The Kier molecular flexibility index (Phi) is 4.11. The number of halogens is 1. The fourth-order valence-electron chi connectivity index (χ4n) is 7.39. The highest BCUT2D eigenvalue weighted by Gasteiger charge is 2.79. The summed E-state index contributed by atoms with van der Waals surface area (Å²) in [5.41, 5.74) is -5.10. The topological polar surface area (TPSA) is 93.1 Å². The van der Waals surface area contributed by atoms with Gasteiger partial charge in [0.25, 0.3) is 0 Å². The van der Waals surface area contributed by atoms with Gasteiger partial charge in [0.2, 0.25) is 0 Å². The van der Waals surface area contributed by atoms with Crippen LogP contribution in [0.2, 0.25) is 0 Å². The van der Waals surface area contributed by atoms with Gasteiger partial charge in [-0.25, -0.2) is 4.39 Å². The van der Waals surface area contributed by atoms with Gasteiger partial charge < -0.3 is 19.7 Å². The van der Waals surface area contributed by atoms with Crippen LogP contribution in [0, 0.1) is 22.7 Å². The first-order valence-corrected chi connectivity index (χ1v) is 10.9. The van der Waals surface area contributed by atoms with Crippen LogP contribution in [0.4, 0.5) is 4.39 Å². The SMILES string of the molecule is CC1(C)OC2CC3C4C=CC5=CC(=O)C=C[C@]5(C)[C@@]4(F)C(O)C[C@]3(C)[C@]2(C(=O)CO)O1. The van der Waals surface area contributed by atoms with E-state index in [9.17, 15) is 19.8 Å². The summed E-state index contributed by atoms with van der Waals surface area (Å²) in [6.07, 6.45) is 6.13. The number of carbonyl (C=O) groups excluding carboxylic acids is 2. The van der Waals surface area contributed by atoms with Gasteiger partial charge in [-0.1, -0.05) is 25.2 Å². The molecule has 8 atom stereocenters. The number of carbonyl (C=O) groups is 2. The van der Waals surface area contributed by atoms with Gasteiger partial charge in [-0.15, -0.1) is 0 Å². The number of hydrogen-bond acceptors (Lipinski definition) is 6. The van der Waals surface area contributed by atoms with Crippen molar-refractivity contribution in [3.8, 4) is 0 Å². The highest BCUT2D eigenvalue weighted by Crippen LogP contribution is 2.71. The predicted octanol–water partition coefficient (Wildman–Crippen LogP) is 2.19. The third-order valence-corrected chi connectivity index (χ3v) is 8.76. The van der Waals surface area contributed by atoms with E-state index in [2.05, 4.69) is 0 Å². The van der Waals surface area contributed by atoms with E-state index in [0.717, 1.165) is 0 Å². The Balaban J connectivity index is 1.67. The lowest BCUT2D eigenvalue weighted by atomic mass is 9.46. The average molecular weight is 432 g/mol. The normalized spacial score (nSPS) is 51.6. The van der Waals surface area contributed by atoms with Crippen molar-refractivity contribution >= 4 is 11.6 Å². The van der Waals surface area contributed by atoms with Crippen molar-refractivity contribution in [1.82, 2.24) is 0 Å². The van der Waals surface area contributed by atoms with Crippen molar-refractivity contribution in [2.75, 3.05) is 6.61 Å². The lowest BCUT2D eigenvalue weighted by molar-refractivity contribution is -0.236. The molecule has 5 rings (SSSR count). The van der Waals surface area contributed by atoms with E-state index >= 15 is 4.39 Å². The third-order valence-electron chi connectivity index (χ3n) is 8.76. The molecular formula is C24H29FO6. The standard InChI is InChI=1S/C24H29FO6/c1-20(2)30-19-10-16-15-6-5-13-9-14(27)7-8-21(13,3)23(15,25)17(28)11-22(16,4)24(19,31-20)18(29)12-26/h5-9,15-17,19,26,28H,10-12H2,1-4H3/t15?,16?,17?,19?,21-,22-,23-,24+/m0/s1. The van der Waals surface area contributed by atoms with Gasteiger partial charge in [0, 0.05) is 16.7 Å². The second-order valence-electron chi connectivity index (χ2n) is 10.6. The molecule has 2 saturated carbocycles. The predicted molar refractivity (Wildman–Crippen MR) is 109 cm³/mol. The van der Waals surface area contributed by atoms with Crippen LogP contribution in [0.25, 0.3) is 0 Å². The van der Waals surface area contributed by atoms with Crippen molar-refractivity contribution in [3.05, 3.63) is 36.0 Å². The summed E-state index contributed by atoms with van der Waals surface area (Å²) in [6.45, 7) is 6.28. The number of ether oxygens (including phenoxy) is 2.